The highest BCUT2D eigenvalue weighted by Gasteiger charge is 2.17. The summed E-state index contributed by atoms with van der Waals surface area (Å²) in [6.45, 7) is 6.63. The van der Waals surface area contributed by atoms with Crippen LogP contribution in [0.3, 0.4) is 0 Å². The highest BCUT2D eigenvalue weighted by molar-refractivity contribution is 5.69. The average molecular weight is 308 g/mol. The molecule has 0 bridgehead atoms. The number of imidazole rings is 1. The molecule has 0 aliphatic carbocycles. The molecule has 0 fully saturated rings. The molecule has 2 heterocycles. The van der Waals surface area contributed by atoms with Crippen LogP contribution in [0.1, 0.15) is 33.6 Å². The van der Waals surface area contributed by atoms with E-state index in [0.29, 0.717) is 30.7 Å². The molecule has 0 aromatic carbocycles. The van der Waals surface area contributed by atoms with E-state index < -0.39 is 6.10 Å². The minimum atomic E-state index is -0.464. The van der Waals surface area contributed by atoms with E-state index in [1.165, 1.54) is 9.13 Å². The Balaban J connectivity index is 2.52. The van der Waals surface area contributed by atoms with Crippen molar-refractivity contribution in [3.63, 3.8) is 0 Å². The highest BCUT2D eigenvalue weighted by Crippen LogP contribution is 2.09. The number of hydrogen-bond donors (Lipinski definition) is 1. The second-order valence-corrected chi connectivity index (χ2v) is 5.92. The first-order valence-electron chi connectivity index (χ1n) is 7.71. The van der Waals surface area contributed by atoms with Crippen molar-refractivity contribution in [2.24, 2.45) is 13.0 Å². The summed E-state index contributed by atoms with van der Waals surface area (Å²) in [5, 5.41) is 9.56. The standard InChI is InChI=1S/C15H24N4O3/c1-5-7-18-9-16-13-12(18)14(21)19(15(22)17(13)4)8-6-10(2)11(3)20/h9-11,20H,5-8H2,1-4H3. The van der Waals surface area contributed by atoms with Crippen LogP contribution in [-0.4, -0.2) is 29.9 Å². The van der Waals surface area contributed by atoms with Crippen molar-refractivity contribution < 1.29 is 5.11 Å². The lowest BCUT2D eigenvalue weighted by Gasteiger charge is -2.15. The van der Waals surface area contributed by atoms with Crippen LogP contribution in [0.4, 0.5) is 0 Å². The lowest BCUT2D eigenvalue weighted by molar-refractivity contribution is 0.127. The number of aliphatic hydroxyl groups excluding tert-OH is 1. The minimum absolute atomic E-state index is 0.0212. The lowest BCUT2D eigenvalue weighted by atomic mass is 10.0. The summed E-state index contributed by atoms with van der Waals surface area (Å²) in [4.78, 5) is 29.2. The van der Waals surface area contributed by atoms with Gasteiger partial charge in [0.05, 0.1) is 12.4 Å². The SMILES string of the molecule is CCCn1cnc2c1c(=O)n(CCC(C)C(C)O)c(=O)n2C. The van der Waals surface area contributed by atoms with E-state index in [-0.39, 0.29) is 17.2 Å². The molecule has 7 heteroatoms. The lowest BCUT2D eigenvalue weighted by Crippen LogP contribution is -2.40. The largest absolute Gasteiger partial charge is 0.393 e. The number of aryl methyl sites for hydroxylation is 2. The van der Waals surface area contributed by atoms with Crippen molar-refractivity contribution in [1.82, 2.24) is 18.7 Å². The van der Waals surface area contributed by atoms with Crippen LogP contribution >= 0.6 is 0 Å². The maximum absolute atomic E-state index is 12.7. The molecule has 2 atom stereocenters. The average Bonchev–Trinajstić information content (AvgIpc) is 2.89. The number of aliphatic hydroxyl groups is 1. The molecule has 2 rings (SSSR count). The molecule has 0 saturated heterocycles. The Morgan fingerprint density at radius 2 is 1.95 bits per heavy atom. The second-order valence-electron chi connectivity index (χ2n) is 5.92. The summed E-state index contributed by atoms with van der Waals surface area (Å²) in [6, 6.07) is 0. The first-order valence-corrected chi connectivity index (χ1v) is 7.71. The van der Waals surface area contributed by atoms with Gasteiger partial charge in [-0.05, 0) is 25.7 Å². The van der Waals surface area contributed by atoms with Gasteiger partial charge in [-0.2, -0.15) is 0 Å². The van der Waals surface area contributed by atoms with E-state index in [2.05, 4.69) is 4.98 Å². The van der Waals surface area contributed by atoms with Crippen molar-refractivity contribution in [3.8, 4) is 0 Å². The maximum Gasteiger partial charge on any atom is 0.332 e. The molecule has 22 heavy (non-hydrogen) atoms. The van der Waals surface area contributed by atoms with Crippen LogP contribution < -0.4 is 11.2 Å². The Labute approximate surface area is 128 Å². The third-order valence-corrected chi connectivity index (χ3v) is 4.20. The minimum Gasteiger partial charge on any atom is -0.393 e. The van der Waals surface area contributed by atoms with Crippen LogP contribution in [0.25, 0.3) is 11.2 Å². The molecule has 2 aromatic rings. The number of hydrogen-bond acceptors (Lipinski definition) is 4. The second kappa shape index (κ2) is 6.48. The van der Waals surface area contributed by atoms with Gasteiger partial charge >= 0.3 is 5.69 Å². The molecule has 0 aliphatic rings. The molecule has 0 spiro atoms. The molecular weight excluding hydrogens is 284 g/mol. The zero-order valence-electron chi connectivity index (χ0n) is 13.6. The van der Waals surface area contributed by atoms with Crippen LogP contribution in [0.15, 0.2) is 15.9 Å². The highest BCUT2D eigenvalue weighted by atomic mass is 16.3. The predicted molar refractivity (Wildman–Crippen MR) is 85.0 cm³/mol. The van der Waals surface area contributed by atoms with Gasteiger partial charge in [0.1, 0.15) is 0 Å². The fourth-order valence-electron chi connectivity index (χ4n) is 2.50. The van der Waals surface area contributed by atoms with Crippen LogP contribution in [0.2, 0.25) is 0 Å². The predicted octanol–water partition coefficient (Wildman–Crippen LogP) is 0.714. The summed E-state index contributed by atoms with van der Waals surface area (Å²) in [5.74, 6) is 0.0212. The summed E-state index contributed by atoms with van der Waals surface area (Å²) < 4.78 is 4.46. The smallest absolute Gasteiger partial charge is 0.332 e. The summed E-state index contributed by atoms with van der Waals surface area (Å²) in [6.07, 6.45) is 2.60. The third kappa shape index (κ3) is 2.85. The summed E-state index contributed by atoms with van der Waals surface area (Å²) in [7, 11) is 1.63. The first-order chi connectivity index (χ1) is 10.4. The number of aromatic nitrogens is 4. The molecule has 2 unspecified atom stereocenters. The molecule has 7 nitrogen and oxygen atoms in total. The van der Waals surface area contributed by atoms with Gasteiger partial charge in [0, 0.05) is 20.1 Å². The normalized spacial score (nSPS) is 14.4. The van der Waals surface area contributed by atoms with Crippen molar-refractivity contribution in [1.29, 1.82) is 0 Å². The molecule has 0 saturated carbocycles. The molecular formula is C15H24N4O3. The Bertz CT molecular complexity index is 769. The van der Waals surface area contributed by atoms with E-state index in [4.69, 9.17) is 0 Å². The summed E-state index contributed by atoms with van der Waals surface area (Å²) in [5.41, 5.74) is 0.218. The molecule has 1 N–H and O–H groups in total. The Morgan fingerprint density at radius 1 is 1.27 bits per heavy atom. The molecule has 0 aliphatic heterocycles. The molecule has 0 radical (unpaired) electrons. The Hall–Kier alpha value is -1.89. The van der Waals surface area contributed by atoms with E-state index in [1.54, 1.807) is 24.9 Å². The monoisotopic (exact) mass is 308 g/mol. The number of nitrogens with zero attached hydrogens (tertiary/aromatic N) is 4. The molecule has 2 aromatic heterocycles. The van der Waals surface area contributed by atoms with Crippen molar-refractivity contribution >= 4 is 11.2 Å². The van der Waals surface area contributed by atoms with E-state index >= 15 is 0 Å². The Morgan fingerprint density at radius 3 is 2.55 bits per heavy atom. The molecule has 0 amide bonds. The van der Waals surface area contributed by atoms with E-state index in [0.717, 1.165) is 6.42 Å². The van der Waals surface area contributed by atoms with Gasteiger partial charge in [-0.1, -0.05) is 13.8 Å². The van der Waals surface area contributed by atoms with Gasteiger partial charge in [0.2, 0.25) is 0 Å². The molecule has 122 valence electrons. The zero-order chi connectivity index (χ0) is 16.4. The van der Waals surface area contributed by atoms with Crippen LogP contribution in [0, 0.1) is 5.92 Å². The number of rotatable bonds is 6. The van der Waals surface area contributed by atoms with Gasteiger partial charge < -0.3 is 9.67 Å². The van der Waals surface area contributed by atoms with Gasteiger partial charge in [-0.25, -0.2) is 9.78 Å². The van der Waals surface area contributed by atoms with Crippen molar-refractivity contribution in [2.45, 2.75) is 52.8 Å². The Kier molecular flexibility index (Phi) is 4.85. The topological polar surface area (TPSA) is 82.1 Å². The van der Waals surface area contributed by atoms with Gasteiger partial charge in [0.25, 0.3) is 5.56 Å². The number of fused-ring (bicyclic) bond motifs is 1. The fourth-order valence-corrected chi connectivity index (χ4v) is 2.50. The fraction of sp³-hybridized carbons (Fsp3) is 0.667. The van der Waals surface area contributed by atoms with Gasteiger partial charge in [-0.3, -0.25) is 13.9 Å². The van der Waals surface area contributed by atoms with Gasteiger partial charge in [-0.15, -0.1) is 0 Å². The van der Waals surface area contributed by atoms with Crippen LogP contribution in [0.5, 0.6) is 0 Å². The van der Waals surface area contributed by atoms with Crippen LogP contribution in [-0.2, 0) is 20.1 Å². The third-order valence-electron chi connectivity index (χ3n) is 4.20. The van der Waals surface area contributed by atoms with E-state index in [9.17, 15) is 14.7 Å². The maximum atomic E-state index is 12.7. The first kappa shape index (κ1) is 16.5. The van der Waals surface area contributed by atoms with E-state index in [1.807, 2.05) is 13.8 Å². The zero-order valence-corrected chi connectivity index (χ0v) is 13.6. The summed E-state index contributed by atoms with van der Waals surface area (Å²) >= 11 is 0. The van der Waals surface area contributed by atoms with Crippen molar-refractivity contribution in [2.75, 3.05) is 0 Å². The van der Waals surface area contributed by atoms with Gasteiger partial charge in [0.15, 0.2) is 11.2 Å². The van der Waals surface area contributed by atoms with Crippen molar-refractivity contribution in [3.05, 3.63) is 27.2 Å². The quantitative estimate of drug-likeness (QED) is 0.852.